The van der Waals surface area contributed by atoms with Gasteiger partial charge in [0.15, 0.2) is 0 Å². The van der Waals surface area contributed by atoms with E-state index < -0.39 is 0 Å². The van der Waals surface area contributed by atoms with Crippen molar-refractivity contribution in [3.8, 4) is 5.75 Å². The van der Waals surface area contributed by atoms with Gasteiger partial charge in [-0.3, -0.25) is 4.79 Å². The van der Waals surface area contributed by atoms with Gasteiger partial charge in [0.05, 0.1) is 6.61 Å². The first-order chi connectivity index (χ1) is 8.61. The van der Waals surface area contributed by atoms with Gasteiger partial charge in [0.2, 0.25) is 5.91 Å². The Hall–Kier alpha value is -1.51. The fourth-order valence-corrected chi connectivity index (χ4v) is 1.46. The van der Waals surface area contributed by atoms with Gasteiger partial charge in [-0.1, -0.05) is 27.2 Å². The molecule has 0 saturated heterocycles. The number of nitrogens with one attached hydrogen (secondary N) is 1. The van der Waals surface area contributed by atoms with Crippen LogP contribution in [0.2, 0.25) is 0 Å². The molecule has 0 aliphatic heterocycles. The highest BCUT2D eigenvalue weighted by Crippen LogP contribution is 2.16. The van der Waals surface area contributed by atoms with Crippen molar-refractivity contribution in [1.29, 1.82) is 0 Å². The van der Waals surface area contributed by atoms with E-state index in [0.29, 0.717) is 18.9 Å². The van der Waals surface area contributed by atoms with Gasteiger partial charge in [0.25, 0.3) is 0 Å². The van der Waals surface area contributed by atoms with E-state index in [-0.39, 0.29) is 5.91 Å². The van der Waals surface area contributed by atoms with Crippen LogP contribution in [-0.2, 0) is 4.79 Å². The number of hydrogen-bond acceptors (Lipinski definition) is 2. The summed E-state index contributed by atoms with van der Waals surface area (Å²) in [5.41, 5.74) is 0.827. The van der Waals surface area contributed by atoms with E-state index in [2.05, 4.69) is 26.1 Å². The molecule has 0 aromatic heterocycles. The summed E-state index contributed by atoms with van der Waals surface area (Å²) in [6, 6.07) is 7.52. The maximum absolute atomic E-state index is 11.5. The second-order valence-electron chi connectivity index (χ2n) is 4.88. The molecule has 1 aromatic rings. The van der Waals surface area contributed by atoms with Crippen LogP contribution in [0.4, 0.5) is 5.69 Å². The molecule has 0 aliphatic rings. The summed E-state index contributed by atoms with van der Waals surface area (Å²) >= 11 is 0. The third-order valence-corrected chi connectivity index (χ3v) is 2.48. The summed E-state index contributed by atoms with van der Waals surface area (Å²) < 4.78 is 5.58. The zero-order valence-electron chi connectivity index (χ0n) is 11.5. The second-order valence-corrected chi connectivity index (χ2v) is 4.88. The molecule has 100 valence electrons. The third-order valence-electron chi connectivity index (χ3n) is 2.48. The third kappa shape index (κ3) is 5.71. The average molecular weight is 249 g/mol. The number of anilines is 1. The van der Waals surface area contributed by atoms with Crippen molar-refractivity contribution in [1.82, 2.24) is 0 Å². The van der Waals surface area contributed by atoms with E-state index in [4.69, 9.17) is 4.74 Å². The molecular formula is C15H23NO2. The van der Waals surface area contributed by atoms with Crippen molar-refractivity contribution in [2.75, 3.05) is 11.9 Å². The summed E-state index contributed by atoms with van der Waals surface area (Å²) in [5, 5.41) is 2.87. The molecule has 0 aliphatic carbocycles. The molecule has 3 nitrogen and oxygen atoms in total. The topological polar surface area (TPSA) is 38.3 Å². The number of carbonyl (C=O) groups is 1. The highest BCUT2D eigenvalue weighted by atomic mass is 16.5. The summed E-state index contributed by atoms with van der Waals surface area (Å²) in [4.78, 5) is 11.5. The lowest BCUT2D eigenvalue weighted by atomic mass is 10.2. The lowest BCUT2D eigenvalue weighted by Crippen LogP contribution is -2.10. The SMILES string of the molecule is CCCCC(=O)Nc1ccc(OCC(C)C)cc1. The van der Waals surface area contributed by atoms with Gasteiger partial charge >= 0.3 is 0 Å². The van der Waals surface area contributed by atoms with Crippen LogP contribution in [0.1, 0.15) is 40.0 Å². The Balaban J connectivity index is 2.42. The van der Waals surface area contributed by atoms with Crippen LogP contribution in [0.15, 0.2) is 24.3 Å². The highest BCUT2D eigenvalue weighted by molar-refractivity contribution is 5.90. The fraction of sp³-hybridized carbons (Fsp3) is 0.533. The lowest BCUT2D eigenvalue weighted by Gasteiger charge is -2.09. The number of unbranched alkanes of at least 4 members (excludes halogenated alkanes) is 1. The molecule has 1 rings (SSSR count). The van der Waals surface area contributed by atoms with Crippen molar-refractivity contribution in [3.05, 3.63) is 24.3 Å². The minimum atomic E-state index is 0.0766. The number of rotatable bonds is 7. The molecule has 0 atom stereocenters. The predicted molar refractivity (Wildman–Crippen MR) is 74.9 cm³/mol. The van der Waals surface area contributed by atoms with E-state index in [1.54, 1.807) is 0 Å². The normalized spacial score (nSPS) is 10.4. The minimum Gasteiger partial charge on any atom is -0.493 e. The van der Waals surface area contributed by atoms with Gasteiger partial charge in [-0.25, -0.2) is 0 Å². The number of hydrogen-bond donors (Lipinski definition) is 1. The van der Waals surface area contributed by atoms with Crippen molar-refractivity contribution < 1.29 is 9.53 Å². The fourth-order valence-electron chi connectivity index (χ4n) is 1.46. The van der Waals surface area contributed by atoms with Crippen LogP contribution in [0.5, 0.6) is 5.75 Å². The Labute approximate surface area is 110 Å². The summed E-state index contributed by atoms with van der Waals surface area (Å²) in [5.74, 6) is 1.43. The van der Waals surface area contributed by atoms with Crippen LogP contribution in [0.25, 0.3) is 0 Å². The quantitative estimate of drug-likeness (QED) is 0.797. The molecule has 0 heterocycles. The molecule has 0 radical (unpaired) electrons. The lowest BCUT2D eigenvalue weighted by molar-refractivity contribution is -0.116. The Bertz CT molecular complexity index is 357. The Kier molecular flexibility index (Phi) is 6.26. The molecule has 1 N–H and O–H groups in total. The molecular weight excluding hydrogens is 226 g/mol. The van der Waals surface area contributed by atoms with Gasteiger partial charge in [-0.15, -0.1) is 0 Å². The number of carbonyl (C=O) groups excluding carboxylic acids is 1. The molecule has 0 bridgehead atoms. The van der Waals surface area contributed by atoms with Crippen LogP contribution in [0.3, 0.4) is 0 Å². The Morgan fingerprint density at radius 1 is 1.28 bits per heavy atom. The van der Waals surface area contributed by atoms with Crippen LogP contribution in [0, 0.1) is 5.92 Å². The second kappa shape index (κ2) is 7.75. The smallest absolute Gasteiger partial charge is 0.224 e. The number of amides is 1. The standard InChI is InChI=1S/C15H23NO2/c1-4-5-6-15(17)16-13-7-9-14(10-8-13)18-11-12(2)3/h7-10,12H,4-6,11H2,1-3H3,(H,16,17). The molecule has 0 saturated carbocycles. The minimum absolute atomic E-state index is 0.0766. The van der Waals surface area contributed by atoms with Crippen LogP contribution in [-0.4, -0.2) is 12.5 Å². The number of ether oxygens (including phenoxy) is 1. The summed E-state index contributed by atoms with van der Waals surface area (Å²) in [7, 11) is 0. The first kappa shape index (κ1) is 14.6. The highest BCUT2D eigenvalue weighted by Gasteiger charge is 2.02. The van der Waals surface area contributed by atoms with Gasteiger partial charge in [-0.2, -0.15) is 0 Å². The van der Waals surface area contributed by atoms with Gasteiger partial charge in [0, 0.05) is 12.1 Å². The molecule has 18 heavy (non-hydrogen) atoms. The Morgan fingerprint density at radius 2 is 1.94 bits per heavy atom. The van der Waals surface area contributed by atoms with Crippen LogP contribution < -0.4 is 10.1 Å². The summed E-state index contributed by atoms with van der Waals surface area (Å²) in [6.45, 7) is 7.01. The molecule has 0 spiro atoms. The van der Waals surface area contributed by atoms with Crippen molar-refractivity contribution in [2.45, 2.75) is 40.0 Å². The predicted octanol–water partition coefficient (Wildman–Crippen LogP) is 3.85. The number of benzene rings is 1. The average Bonchev–Trinajstić information content (AvgIpc) is 2.35. The molecule has 1 amide bonds. The maximum Gasteiger partial charge on any atom is 0.224 e. The summed E-state index contributed by atoms with van der Waals surface area (Å²) in [6.07, 6.45) is 2.55. The van der Waals surface area contributed by atoms with Crippen molar-refractivity contribution in [2.24, 2.45) is 5.92 Å². The van der Waals surface area contributed by atoms with Gasteiger partial charge in [-0.05, 0) is 36.6 Å². The van der Waals surface area contributed by atoms with E-state index in [9.17, 15) is 4.79 Å². The molecule has 1 aromatic carbocycles. The van der Waals surface area contributed by atoms with Gasteiger partial charge in [0.1, 0.15) is 5.75 Å². The van der Waals surface area contributed by atoms with Crippen LogP contribution >= 0.6 is 0 Å². The first-order valence-electron chi connectivity index (χ1n) is 6.64. The van der Waals surface area contributed by atoms with E-state index in [0.717, 1.165) is 24.3 Å². The van der Waals surface area contributed by atoms with E-state index in [1.165, 1.54) is 0 Å². The van der Waals surface area contributed by atoms with Gasteiger partial charge < -0.3 is 10.1 Å². The van der Waals surface area contributed by atoms with Crippen molar-refractivity contribution in [3.63, 3.8) is 0 Å². The van der Waals surface area contributed by atoms with E-state index >= 15 is 0 Å². The van der Waals surface area contributed by atoms with E-state index in [1.807, 2.05) is 24.3 Å². The zero-order chi connectivity index (χ0) is 13.4. The first-order valence-corrected chi connectivity index (χ1v) is 6.64. The zero-order valence-corrected chi connectivity index (χ0v) is 11.5. The van der Waals surface area contributed by atoms with Crippen molar-refractivity contribution >= 4 is 11.6 Å². The molecule has 0 fully saturated rings. The molecule has 3 heteroatoms. The maximum atomic E-state index is 11.5. The molecule has 0 unspecified atom stereocenters. The monoisotopic (exact) mass is 249 g/mol. The largest absolute Gasteiger partial charge is 0.493 e. The Morgan fingerprint density at radius 3 is 2.50 bits per heavy atom.